The second kappa shape index (κ2) is 10.3. The fourth-order valence-corrected chi connectivity index (χ4v) is 4.38. The first-order chi connectivity index (χ1) is 15.6. The molecule has 0 fully saturated rings. The third-order valence-electron chi connectivity index (χ3n) is 4.55. The number of nitrogens with one attached hydrogen (secondary N) is 2. The predicted octanol–water partition coefficient (Wildman–Crippen LogP) is 4.42. The number of aryl methyl sites for hydroxylation is 1. The number of carbonyl (C=O) groups excluding carboxylic acids is 2. The van der Waals surface area contributed by atoms with Gasteiger partial charge in [-0.1, -0.05) is 65.9 Å². The Bertz CT molecular complexity index is 1190. The summed E-state index contributed by atoms with van der Waals surface area (Å²) in [6.45, 7) is 2.41. The highest BCUT2D eigenvalue weighted by Crippen LogP contribution is 2.28. The van der Waals surface area contributed by atoms with E-state index in [0.717, 1.165) is 21.7 Å². The number of urea groups is 1. The zero-order chi connectivity index (χ0) is 22.3. The summed E-state index contributed by atoms with van der Waals surface area (Å²) in [4.78, 5) is 25.3. The van der Waals surface area contributed by atoms with E-state index in [1.54, 1.807) is 11.3 Å². The van der Waals surface area contributed by atoms with E-state index in [9.17, 15) is 9.59 Å². The Morgan fingerprint density at radius 1 is 1.00 bits per heavy atom. The van der Waals surface area contributed by atoms with Gasteiger partial charge in [-0.25, -0.2) is 4.79 Å². The first kappa shape index (κ1) is 21.8. The van der Waals surface area contributed by atoms with Crippen LogP contribution in [-0.2, 0) is 11.3 Å². The van der Waals surface area contributed by atoms with Gasteiger partial charge in [0.1, 0.15) is 0 Å². The van der Waals surface area contributed by atoms with E-state index in [4.69, 9.17) is 0 Å². The van der Waals surface area contributed by atoms with Crippen LogP contribution in [0.2, 0.25) is 0 Å². The summed E-state index contributed by atoms with van der Waals surface area (Å²) < 4.78 is 1.92. The molecule has 3 amide bonds. The van der Waals surface area contributed by atoms with Crippen molar-refractivity contribution in [2.75, 3.05) is 5.75 Å². The lowest BCUT2D eigenvalue weighted by molar-refractivity contribution is -0.117. The van der Waals surface area contributed by atoms with Crippen LogP contribution in [0.5, 0.6) is 0 Å². The van der Waals surface area contributed by atoms with E-state index in [1.165, 1.54) is 11.8 Å². The molecule has 0 bridgehead atoms. The molecule has 162 valence electrons. The van der Waals surface area contributed by atoms with E-state index in [-0.39, 0.29) is 5.75 Å². The SMILES string of the molecule is Cc1ccc(-n2c(SCC(=O)NC(=O)NCc3cccs3)nnc2-c2ccccc2)cc1. The quantitative estimate of drug-likeness (QED) is 0.396. The molecule has 0 aliphatic heterocycles. The first-order valence-electron chi connectivity index (χ1n) is 9.91. The third kappa shape index (κ3) is 5.43. The number of thiophene rings is 1. The van der Waals surface area contributed by atoms with Crippen LogP contribution in [0, 0.1) is 6.92 Å². The molecule has 0 aliphatic rings. The molecule has 0 atom stereocenters. The molecule has 0 saturated carbocycles. The van der Waals surface area contributed by atoms with Crippen LogP contribution >= 0.6 is 23.1 Å². The van der Waals surface area contributed by atoms with Crippen molar-refractivity contribution in [3.05, 3.63) is 82.6 Å². The Hall–Kier alpha value is -3.43. The molecule has 7 nitrogen and oxygen atoms in total. The number of benzene rings is 2. The van der Waals surface area contributed by atoms with E-state index in [1.807, 2.05) is 83.6 Å². The molecule has 4 rings (SSSR count). The third-order valence-corrected chi connectivity index (χ3v) is 6.35. The van der Waals surface area contributed by atoms with Crippen molar-refractivity contribution < 1.29 is 9.59 Å². The van der Waals surface area contributed by atoms with E-state index >= 15 is 0 Å². The normalized spacial score (nSPS) is 10.7. The number of thioether (sulfide) groups is 1. The van der Waals surface area contributed by atoms with Crippen molar-refractivity contribution in [1.29, 1.82) is 0 Å². The Labute approximate surface area is 193 Å². The number of hydrogen-bond acceptors (Lipinski definition) is 6. The predicted molar refractivity (Wildman–Crippen MR) is 127 cm³/mol. The molecule has 32 heavy (non-hydrogen) atoms. The summed E-state index contributed by atoms with van der Waals surface area (Å²) in [5, 5.41) is 16.2. The highest BCUT2D eigenvalue weighted by Gasteiger charge is 2.18. The smallest absolute Gasteiger partial charge is 0.321 e. The van der Waals surface area contributed by atoms with Crippen molar-refractivity contribution in [3.8, 4) is 17.1 Å². The van der Waals surface area contributed by atoms with Crippen molar-refractivity contribution in [3.63, 3.8) is 0 Å². The van der Waals surface area contributed by atoms with Gasteiger partial charge in [-0.05, 0) is 30.5 Å². The largest absolute Gasteiger partial charge is 0.333 e. The lowest BCUT2D eigenvalue weighted by Crippen LogP contribution is -2.39. The van der Waals surface area contributed by atoms with Crippen LogP contribution in [-0.4, -0.2) is 32.5 Å². The van der Waals surface area contributed by atoms with Gasteiger partial charge in [0, 0.05) is 16.1 Å². The van der Waals surface area contributed by atoms with Gasteiger partial charge in [0.25, 0.3) is 0 Å². The minimum atomic E-state index is -0.519. The van der Waals surface area contributed by atoms with Crippen LogP contribution in [0.25, 0.3) is 17.1 Å². The molecule has 0 radical (unpaired) electrons. The first-order valence-corrected chi connectivity index (χ1v) is 11.8. The molecule has 9 heteroatoms. The molecular weight excluding hydrogens is 442 g/mol. The van der Waals surface area contributed by atoms with Gasteiger partial charge in [-0.15, -0.1) is 21.5 Å². The lowest BCUT2D eigenvalue weighted by atomic mass is 10.2. The van der Waals surface area contributed by atoms with Gasteiger partial charge >= 0.3 is 6.03 Å². The molecule has 2 aromatic heterocycles. The van der Waals surface area contributed by atoms with E-state index in [2.05, 4.69) is 20.8 Å². The van der Waals surface area contributed by atoms with Crippen LogP contribution in [0.4, 0.5) is 4.79 Å². The zero-order valence-electron chi connectivity index (χ0n) is 17.3. The van der Waals surface area contributed by atoms with Crippen molar-refractivity contribution in [1.82, 2.24) is 25.4 Å². The summed E-state index contributed by atoms with van der Waals surface area (Å²) in [6, 6.07) is 21.1. The number of amides is 3. The molecule has 0 aliphatic carbocycles. The topological polar surface area (TPSA) is 88.9 Å². The van der Waals surface area contributed by atoms with Crippen molar-refractivity contribution in [2.24, 2.45) is 0 Å². The molecule has 4 aromatic rings. The second-order valence-corrected chi connectivity index (χ2v) is 8.92. The number of rotatable bonds is 7. The van der Waals surface area contributed by atoms with Gasteiger partial charge in [-0.2, -0.15) is 0 Å². The van der Waals surface area contributed by atoms with Crippen LogP contribution in [0.1, 0.15) is 10.4 Å². The van der Waals surface area contributed by atoms with Gasteiger partial charge < -0.3 is 5.32 Å². The van der Waals surface area contributed by atoms with E-state index < -0.39 is 11.9 Å². The lowest BCUT2D eigenvalue weighted by Gasteiger charge is -2.11. The minimum absolute atomic E-state index is 0.0329. The Morgan fingerprint density at radius 3 is 2.50 bits per heavy atom. The summed E-state index contributed by atoms with van der Waals surface area (Å²) in [7, 11) is 0. The number of nitrogens with zero attached hydrogens (tertiary/aromatic N) is 3. The molecular formula is C23H21N5O2S2. The van der Waals surface area contributed by atoms with Crippen LogP contribution < -0.4 is 10.6 Å². The van der Waals surface area contributed by atoms with Gasteiger partial charge in [0.15, 0.2) is 11.0 Å². The molecule has 0 spiro atoms. The number of aromatic nitrogens is 3. The highest BCUT2D eigenvalue weighted by atomic mass is 32.2. The highest BCUT2D eigenvalue weighted by molar-refractivity contribution is 7.99. The summed E-state index contributed by atoms with van der Waals surface area (Å²) in [5.74, 6) is 0.315. The fourth-order valence-electron chi connectivity index (χ4n) is 2.98. The summed E-state index contributed by atoms with van der Waals surface area (Å²) in [5.41, 5.74) is 2.96. The Kier molecular flexibility index (Phi) is 6.98. The Balaban J connectivity index is 1.46. The average molecular weight is 464 g/mol. The molecule has 2 N–H and O–H groups in total. The fraction of sp³-hybridized carbons (Fsp3) is 0.130. The zero-order valence-corrected chi connectivity index (χ0v) is 19.0. The maximum absolute atomic E-state index is 12.3. The molecule has 0 saturated heterocycles. The van der Waals surface area contributed by atoms with Gasteiger partial charge in [-0.3, -0.25) is 14.7 Å². The molecule has 0 unspecified atom stereocenters. The van der Waals surface area contributed by atoms with E-state index in [0.29, 0.717) is 17.5 Å². The maximum atomic E-state index is 12.3. The average Bonchev–Trinajstić information content (AvgIpc) is 3.47. The summed E-state index contributed by atoms with van der Waals surface area (Å²) in [6.07, 6.45) is 0. The Morgan fingerprint density at radius 2 is 1.78 bits per heavy atom. The van der Waals surface area contributed by atoms with Crippen molar-refractivity contribution in [2.45, 2.75) is 18.6 Å². The standard InChI is InChI=1S/C23H21N5O2S2/c1-16-9-11-18(12-10-16)28-21(17-6-3-2-4-7-17)26-27-23(28)32-15-20(29)25-22(30)24-14-19-8-5-13-31-19/h2-13H,14-15H2,1H3,(H2,24,25,29,30). The monoisotopic (exact) mass is 463 g/mol. The number of carbonyl (C=O) groups is 2. The van der Waals surface area contributed by atoms with Crippen LogP contribution in [0.3, 0.4) is 0 Å². The second-order valence-electron chi connectivity index (χ2n) is 6.94. The molecule has 2 heterocycles. The van der Waals surface area contributed by atoms with Crippen LogP contribution in [0.15, 0.2) is 77.3 Å². The van der Waals surface area contributed by atoms with Crippen molar-refractivity contribution >= 4 is 35.0 Å². The number of hydrogen-bond donors (Lipinski definition) is 2. The number of imide groups is 1. The van der Waals surface area contributed by atoms with Gasteiger partial charge in [0.05, 0.1) is 12.3 Å². The van der Waals surface area contributed by atoms with Gasteiger partial charge in [0.2, 0.25) is 5.91 Å². The minimum Gasteiger partial charge on any atom is -0.333 e. The summed E-state index contributed by atoms with van der Waals surface area (Å²) >= 11 is 2.77. The maximum Gasteiger partial charge on any atom is 0.321 e. The molecule has 2 aromatic carbocycles.